The first-order valence-corrected chi connectivity index (χ1v) is 8.28. The molecule has 0 saturated heterocycles. The fourth-order valence-electron chi connectivity index (χ4n) is 1.85. The Morgan fingerprint density at radius 2 is 1.90 bits per heavy atom. The molecule has 4 N–H and O–H groups in total. The van der Waals surface area contributed by atoms with Crippen molar-refractivity contribution in [2.24, 2.45) is 5.92 Å². The molecule has 1 unspecified atom stereocenters. The van der Waals surface area contributed by atoms with E-state index in [0.717, 1.165) is 0 Å². The molecule has 1 atom stereocenters. The smallest absolute Gasteiger partial charge is 0.243 e. The van der Waals surface area contributed by atoms with Crippen LogP contribution in [0.4, 0.5) is 5.69 Å². The van der Waals surface area contributed by atoms with Gasteiger partial charge in [0.05, 0.1) is 11.7 Å². The van der Waals surface area contributed by atoms with Gasteiger partial charge in [-0.25, -0.2) is 8.42 Å². The Labute approximate surface area is 126 Å². The van der Waals surface area contributed by atoms with Crippen molar-refractivity contribution in [3.05, 3.63) is 23.8 Å². The lowest BCUT2D eigenvalue weighted by atomic mass is 10.2. The third kappa shape index (κ3) is 4.71. The predicted molar refractivity (Wildman–Crippen MR) is 83.2 cm³/mol. The molecule has 1 amide bonds. The Morgan fingerprint density at radius 1 is 1.29 bits per heavy atom. The van der Waals surface area contributed by atoms with Crippen molar-refractivity contribution in [1.29, 1.82) is 0 Å². The molecular formula is C14H23N3O3S. The molecule has 0 aromatic heterocycles. The van der Waals surface area contributed by atoms with Gasteiger partial charge in [-0.15, -0.1) is 0 Å². The van der Waals surface area contributed by atoms with E-state index in [0.29, 0.717) is 18.0 Å². The van der Waals surface area contributed by atoms with Crippen LogP contribution in [0.1, 0.15) is 26.3 Å². The quantitative estimate of drug-likeness (QED) is 0.682. The summed E-state index contributed by atoms with van der Waals surface area (Å²) < 4.78 is 27.1. The Bertz CT molecular complexity index is 592. The number of sulfonamides is 1. The van der Waals surface area contributed by atoms with Gasteiger partial charge in [0.25, 0.3) is 0 Å². The lowest BCUT2D eigenvalue weighted by molar-refractivity contribution is -0.122. The second-order valence-electron chi connectivity index (χ2n) is 5.48. The molecule has 0 heterocycles. The molecule has 0 saturated carbocycles. The van der Waals surface area contributed by atoms with E-state index in [4.69, 9.17) is 5.73 Å². The Kier molecular flexibility index (Phi) is 5.74. The van der Waals surface area contributed by atoms with Crippen LogP contribution < -0.4 is 15.8 Å². The van der Waals surface area contributed by atoms with Gasteiger partial charge in [0.2, 0.25) is 15.9 Å². The summed E-state index contributed by atoms with van der Waals surface area (Å²) in [5.41, 5.74) is 6.44. The number of carbonyl (C=O) groups excluding carboxylic acids is 1. The van der Waals surface area contributed by atoms with Gasteiger partial charge < -0.3 is 11.1 Å². The van der Waals surface area contributed by atoms with E-state index in [1.165, 1.54) is 13.0 Å². The highest BCUT2D eigenvalue weighted by molar-refractivity contribution is 7.89. The van der Waals surface area contributed by atoms with Crippen LogP contribution in [-0.2, 0) is 14.8 Å². The largest absolute Gasteiger partial charge is 0.398 e. The normalized spacial score (nSPS) is 13.2. The highest BCUT2D eigenvalue weighted by atomic mass is 32.2. The van der Waals surface area contributed by atoms with Crippen LogP contribution >= 0.6 is 0 Å². The minimum Gasteiger partial charge on any atom is -0.398 e. The monoisotopic (exact) mass is 313 g/mol. The molecule has 6 nitrogen and oxygen atoms in total. The standard InChI is InChI=1S/C14H23N3O3S/c1-9(2)8-16-14(18)11(4)17-21(19,20)13-10(3)6-5-7-12(13)15/h5-7,9,11,17H,8,15H2,1-4H3,(H,16,18). The van der Waals surface area contributed by atoms with Gasteiger partial charge in [-0.2, -0.15) is 4.72 Å². The van der Waals surface area contributed by atoms with Crippen LogP contribution in [0, 0.1) is 12.8 Å². The second kappa shape index (κ2) is 6.91. The molecule has 7 heteroatoms. The summed E-state index contributed by atoms with van der Waals surface area (Å²) in [6.07, 6.45) is 0. The lowest BCUT2D eigenvalue weighted by Gasteiger charge is -2.17. The molecule has 118 valence electrons. The third-order valence-corrected chi connectivity index (χ3v) is 4.68. The van der Waals surface area contributed by atoms with E-state index in [-0.39, 0.29) is 16.5 Å². The van der Waals surface area contributed by atoms with Gasteiger partial charge in [0.15, 0.2) is 0 Å². The molecule has 21 heavy (non-hydrogen) atoms. The molecule has 1 aromatic rings. The topological polar surface area (TPSA) is 101 Å². The van der Waals surface area contributed by atoms with Gasteiger partial charge in [-0.1, -0.05) is 26.0 Å². The summed E-state index contributed by atoms with van der Waals surface area (Å²) in [5, 5.41) is 2.69. The summed E-state index contributed by atoms with van der Waals surface area (Å²) in [7, 11) is -3.84. The molecule has 0 aliphatic rings. The maximum Gasteiger partial charge on any atom is 0.243 e. The lowest BCUT2D eigenvalue weighted by Crippen LogP contribution is -2.45. The fraction of sp³-hybridized carbons (Fsp3) is 0.500. The van der Waals surface area contributed by atoms with Gasteiger partial charge in [-0.05, 0) is 31.4 Å². The summed E-state index contributed by atoms with van der Waals surface area (Å²) in [5.74, 6) is -0.0656. The van der Waals surface area contributed by atoms with Crippen molar-refractivity contribution in [2.45, 2.75) is 38.6 Å². The Morgan fingerprint density at radius 3 is 2.43 bits per heavy atom. The fourth-order valence-corrected chi connectivity index (χ4v) is 3.41. The molecule has 0 spiro atoms. The average molecular weight is 313 g/mol. The van der Waals surface area contributed by atoms with Crippen molar-refractivity contribution < 1.29 is 13.2 Å². The third-order valence-electron chi connectivity index (χ3n) is 2.92. The van der Waals surface area contributed by atoms with Gasteiger partial charge in [-0.3, -0.25) is 4.79 Å². The number of benzene rings is 1. The molecule has 0 fully saturated rings. The first-order chi connectivity index (χ1) is 9.65. The number of anilines is 1. The van der Waals surface area contributed by atoms with Crippen LogP contribution in [0.5, 0.6) is 0 Å². The minimum atomic E-state index is -3.84. The van der Waals surface area contributed by atoms with E-state index in [9.17, 15) is 13.2 Å². The number of nitrogens with one attached hydrogen (secondary N) is 2. The number of aryl methyl sites for hydroxylation is 1. The van der Waals surface area contributed by atoms with Crippen molar-refractivity contribution in [3.8, 4) is 0 Å². The summed E-state index contributed by atoms with van der Waals surface area (Å²) in [4.78, 5) is 11.9. The number of nitrogens with two attached hydrogens (primary N) is 1. The maximum atomic E-state index is 12.4. The highest BCUT2D eigenvalue weighted by Gasteiger charge is 2.25. The van der Waals surface area contributed by atoms with Crippen LogP contribution in [0.15, 0.2) is 23.1 Å². The second-order valence-corrected chi connectivity index (χ2v) is 7.13. The molecule has 1 aromatic carbocycles. The van der Waals surface area contributed by atoms with E-state index in [1.54, 1.807) is 19.1 Å². The molecule has 0 radical (unpaired) electrons. The maximum absolute atomic E-state index is 12.4. The number of amides is 1. The zero-order valence-corrected chi connectivity index (χ0v) is 13.6. The molecule has 0 bridgehead atoms. The number of hydrogen-bond donors (Lipinski definition) is 3. The average Bonchev–Trinajstić information content (AvgIpc) is 2.34. The Balaban J connectivity index is 2.88. The zero-order valence-electron chi connectivity index (χ0n) is 12.8. The molecular weight excluding hydrogens is 290 g/mol. The molecule has 0 aliphatic heterocycles. The molecule has 1 rings (SSSR count). The van der Waals surface area contributed by atoms with Gasteiger partial charge in [0, 0.05) is 6.54 Å². The van der Waals surface area contributed by atoms with Crippen molar-refractivity contribution >= 4 is 21.6 Å². The van der Waals surface area contributed by atoms with Crippen LogP contribution in [-0.4, -0.2) is 26.9 Å². The Hall–Kier alpha value is -1.60. The van der Waals surface area contributed by atoms with Gasteiger partial charge >= 0.3 is 0 Å². The van der Waals surface area contributed by atoms with Crippen molar-refractivity contribution in [2.75, 3.05) is 12.3 Å². The van der Waals surface area contributed by atoms with Crippen molar-refractivity contribution in [1.82, 2.24) is 10.0 Å². The van der Waals surface area contributed by atoms with E-state index in [2.05, 4.69) is 10.0 Å². The number of carbonyl (C=O) groups is 1. The first kappa shape index (κ1) is 17.5. The van der Waals surface area contributed by atoms with Crippen molar-refractivity contribution in [3.63, 3.8) is 0 Å². The van der Waals surface area contributed by atoms with E-state index in [1.807, 2.05) is 13.8 Å². The van der Waals surface area contributed by atoms with Crippen LogP contribution in [0.2, 0.25) is 0 Å². The van der Waals surface area contributed by atoms with E-state index < -0.39 is 16.1 Å². The summed E-state index contributed by atoms with van der Waals surface area (Å²) in [6, 6.07) is 4.00. The van der Waals surface area contributed by atoms with Crippen LogP contribution in [0.3, 0.4) is 0 Å². The summed E-state index contributed by atoms with van der Waals surface area (Å²) >= 11 is 0. The summed E-state index contributed by atoms with van der Waals surface area (Å²) in [6.45, 7) is 7.58. The first-order valence-electron chi connectivity index (χ1n) is 6.80. The highest BCUT2D eigenvalue weighted by Crippen LogP contribution is 2.22. The van der Waals surface area contributed by atoms with Gasteiger partial charge in [0.1, 0.15) is 4.90 Å². The predicted octanol–water partition coefficient (Wildman–Crippen LogP) is 1.02. The van der Waals surface area contributed by atoms with Crippen LogP contribution in [0.25, 0.3) is 0 Å². The zero-order chi connectivity index (χ0) is 16.2. The number of rotatable bonds is 6. The van der Waals surface area contributed by atoms with E-state index >= 15 is 0 Å². The number of nitrogen functional groups attached to an aromatic ring is 1. The SMILES string of the molecule is Cc1cccc(N)c1S(=O)(=O)NC(C)C(=O)NCC(C)C. The number of hydrogen-bond acceptors (Lipinski definition) is 4. The minimum absolute atomic E-state index is 0.0218. The molecule has 0 aliphatic carbocycles.